The van der Waals surface area contributed by atoms with Gasteiger partial charge in [-0.15, -0.1) is 0 Å². The van der Waals surface area contributed by atoms with Gasteiger partial charge in [0.25, 0.3) is 0 Å². The van der Waals surface area contributed by atoms with Crippen LogP contribution >= 0.6 is 0 Å². The van der Waals surface area contributed by atoms with E-state index in [1.165, 1.54) is 13.0 Å². The molecule has 3 heteroatoms. The molecule has 1 aliphatic heterocycles. The second-order valence-electron chi connectivity index (χ2n) is 4.93. The lowest BCUT2D eigenvalue weighted by molar-refractivity contribution is 0.169. The normalized spacial score (nSPS) is 28.6. The first-order chi connectivity index (χ1) is 7.17. The third-order valence-corrected chi connectivity index (χ3v) is 3.44. The van der Waals surface area contributed by atoms with Gasteiger partial charge in [0, 0.05) is 25.0 Å². The Morgan fingerprint density at radius 1 is 1.47 bits per heavy atom. The molecule has 3 atom stereocenters. The summed E-state index contributed by atoms with van der Waals surface area (Å²) in [5.74, 6) is 1.45. The molecule has 15 heavy (non-hydrogen) atoms. The van der Waals surface area contributed by atoms with Crippen LogP contribution in [0.15, 0.2) is 0 Å². The van der Waals surface area contributed by atoms with E-state index in [1.807, 2.05) is 7.05 Å². The molecule has 90 valence electrons. The fourth-order valence-corrected chi connectivity index (χ4v) is 2.23. The molecule has 0 aliphatic carbocycles. The summed E-state index contributed by atoms with van der Waals surface area (Å²) in [5, 5.41) is 3.33. The van der Waals surface area contributed by atoms with E-state index in [4.69, 9.17) is 4.74 Å². The fraction of sp³-hybridized carbons (Fsp3) is 1.00. The van der Waals surface area contributed by atoms with Gasteiger partial charge in [-0.1, -0.05) is 20.3 Å². The summed E-state index contributed by atoms with van der Waals surface area (Å²) in [4.78, 5) is 2.44. The molecule has 1 heterocycles. The number of ether oxygens (including phenoxy) is 1. The molecule has 0 aromatic carbocycles. The van der Waals surface area contributed by atoms with Crippen molar-refractivity contribution in [2.24, 2.45) is 11.8 Å². The van der Waals surface area contributed by atoms with Crippen LogP contribution in [0.2, 0.25) is 0 Å². The van der Waals surface area contributed by atoms with E-state index in [2.05, 4.69) is 31.1 Å². The molecule has 1 fully saturated rings. The standard InChI is InChI=1S/C12H26N2O/c1-5-10(2)6-14(4)7-11-8-15-9-12(11)13-3/h10-13H,5-9H2,1-4H3. The van der Waals surface area contributed by atoms with E-state index in [0.29, 0.717) is 12.0 Å². The minimum atomic E-state index is 0.546. The fourth-order valence-electron chi connectivity index (χ4n) is 2.23. The number of hydrogen-bond donors (Lipinski definition) is 1. The largest absolute Gasteiger partial charge is 0.379 e. The molecule has 1 rings (SSSR count). The Balaban J connectivity index is 2.27. The Hall–Kier alpha value is -0.120. The van der Waals surface area contributed by atoms with Crippen LogP contribution in [-0.4, -0.2) is 51.3 Å². The van der Waals surface area contributed by atoms with Crippen LogP contribution in [-0.2, 0) is 4.74 Å². The zero-order valence-electron chi connectivity index (χ0n) is 10.6. The number of nitrogens with one attached hydrogen (secondary N) is 1. The molecular weight excluding hydrogens is 188 g/mol. The Labute approximate surface area is 94.2 Å². The highest BCUT2D eigenvalue weighted by Gasteiger charge is 2.27. The van der Waals surface area contributed by atoms with E-state index < -0.39 is 0 Å². The average molecular weight is 214 g/mol. The van der Waals surface area contributed by atoms with E-state index in [9.17, 15) is 0 Å². The van der Waals surface area contributed by atoms with E-state index in [0.717, 1.165) is 25.7 Å². The molecule has 3 nitrogen and oxygen atoms in total. The third-order valence-electron chi connectivity index (χ3n) is 3.44. The molecule has 0 bridgehead atoms. The Morgan fingerprint density at radius 3 is 2.80 bits per heavy atom. The summed E-state index contributed by atoms with van der Waals surface area (Å²) < 4.78 is 5.50. The SMILES string of the molecule is CCC(C)CN(C)CC1COCC1NC. The molecule has 1 N–H and O–H groups in total. The summed E-state index contributed by atoms with van der Waals surface area (Å²) >= 11 is 0. The molecule has 1 saturated heterocycles. The van der Waals surface area contributed by atoms with Crippen LogP contribution in [0.3, 0.4) is 0 Å². The number of rotatable bonds is 6. The number of nitrogens with zero attached hydrogens (tertiary/aromatic N) is 1. The maximum atomic E-state index is 5.50. The van der Waals surface area contributed by atoms with Gasteiger partial charge in [0.05, 0.1) is 13.2 Å². The van der Waals surface area contributed by atoms with Crippen molar-refractivity contribution in [3.8, 4) is 0 Å². The minimum Gasteiger partial charge on any atom is -0.379 e. The molecule has 0 aromatic heterocycles. The van der Waals surface area contributed by atoms with Crippen molar-refractivity contribution in [2.75, 3.05) is 40.4 Å². The van der Waals surface area contributed by atoms with Gasteiger partial charge in [-0.05, 0) is 20.0 Å². The van der Waals surface area contributed by atoms with Crippen molar-refractivity contribution in [2.45, 2.75) is 26.3 Å². The Kier molecular flexibility index (Phi) is 5.58. The van der Waals surface area contributed by atoms with Crippen LogP contribution in [0.5, 0.6) is 0 Å². The molecule has 0 saturated carbocycles. The van der Waals surface area contributed by atoms with Crippen molar-refractivity contribution in [1.29, 1.82) is 0 Å². The van der Waals surface area contributed by atoms with Crippen molar-refractivity contribution in [1.82, 2.24) is 10.2 Å². The van der Waals surface area contributed by atoms with Gasteiger partial charge in [-0.2, -0.15) is 0 Å². The van der Waals surface area contributed by atoms with Gasteiger partial charge in [0.1, 0.15) is 0 Å². The number of hydrogen-bond acceptors (Lipinski definition) is 3. The Bertz CT molecular complexity index is 175. The van der Waals surface area contributed by atoms with E-state index in [-0.39, 0.29) is 0 Å². The molecule has 0 amide bonds. The Morgan fingerprint density at radius 2 is 2.20 bits per heavy atom. The van der Waals surface area contributed by atoms with Crippen LogP contribution < -0.4 is 5.32 Å². The highest BCUT2D eigenvalue weighted by molar-refractivity contribution is 4.82. The van der Waals surface area contributed by atoms with Crippen molar-refractivity contribution < 1.29 is 4.74 Å². The molecule has 1 aliphatic rings. The quantitative estimate of drug-likeness (QED) is 0.719. The molecule has 0 aromatic rings. The van der Waals surface area contributed by atoms with Gasteiger partial charge in [-0.25, -0.2) is 0 Å². The maximum absolute atomic E-state index is 5.50. The summed E-state index contributed by atoms with van der Waals surface area (Å²) in [6, 6.07) is 0.546. The highest BCUT2D eigenvalue weighted by Crippen LogP contribution is 2.15. The molecule has 0 radical (unpaired) electrons. The van der Waals surface area contributed by atoms with Gasteiger partial charge in [-0.3, -0.25) is 0 Å². The van der Waals surface area contributed by atoms with E-state index >= 15 is 0 Å². The zero-order valence-corrected chi connectivity index (χ0v) is 10.6. The van der Waals surface area contributed by atoms with Crippen molar-refractivity contribution >= 4 is 0 Å². The average Bonchev–Trinajstić information content (AvgIpc) is 2.64. The summed E-state index contributed by atoms with van der Waals surface area (Å²) in [7, 11) is 4.25. The molecule has 0 spiro atoms. The smallest absolute Gasteiger partial charge is 0.0623 e. The minimum absolute atomic E-state index is 0.546. The first kappa shape index (κ1) is 12.9. The maximum Gasteiger partial charge on any atom is 0.0623 e. The second kappa shape index (κ2) is 6.46. The van der Waals surface area contributed by atoms with Gasteiger partial charge in [0.15, 0.2) is 0 Å². The van der Waals surface area contributed by atoms with Crippen molar-refractivity contribution in [3.63, 3.8) is 0 Å². The predicted octanol–water partition coefficient (Wildman–Crippen LogP) is 1.20. The van der Waals surface area contributed by atoms with Gasteiger partial charge >= 0.3 is 0 Å². The topological polar surface area (TPSA) is 24.5 Å². The van der Waals surface area contributed by atoms with Crippen molar-refractivity contribution in [3.05, 3.63) is 0 Å². The predicted molar refractivity (Wildman–Crippen MR) is 64.1 cm³/mol. The van der Waals surface area contributed by atoms with Gasteiger partial charge < -0.3 is 15.0 Å². The summed E-state index contributed by atoms with van der Waals surface area (Å²) in [6.45, 7) is 8.71. The lowest BCUT2D eigenvalue weighted by Gasteiger charge is -2.25. The monoisotopic (exact) mass is 214 g/mol. The van der Waals surface area contributed by atoms with Crippen LogP contribution in [0.25, 0.3) is 0 Å². The molecular formula is C12H26N2O. The second-order valence-corrected chi connectivity index (χ2v) is 4.93. The number of likely N-dealkylation sites (N-methyl/N-ethyl adjacent to an activating group) is 1. The van der Waals surface area contributed by atoms with E-state index in [1.54, 1.807) is 0 Å². The van der Waals surface area contributed by atoms with Gasteiger partial charge in [0.2, 0.25) is 0 Å². The van der Waals surface area contributed by atoms with Crippen LogP contribution in [0, 0.1) is 11.8 Å². The molecule has 3 unspecified atom stereocenters. The lowest BCUT2D eigenvalue weighted by atomic mass is 10.0. The third kappa shape index (κ3) is 4.09. The highest BCUT2D eigenvalue weighted by atomic mass is 16.5. The summed E-state index contributed by atoms with van der Waals surface area (Å²) in [6.07, 6.45) is 1.26. The van der Waals surface area contributed by atoms with Crippen LogP contribution in [0.1, 0.15) is 20.3 Å². The first-order valence-corrected chi connectivity index (χ1v) is 6.10. The van der Waals surface area contributed by atoms with Crippen LogP contribution in [0.4, 0.5) is 0 Å². The zero-order chi connectivity index (χ0) is 11.3. The lowest BCUT2D eigenvalue weighted by Crippen LogP contribution is -2.40. The summed E-state index contributed by atoms with van der Waals surface area (Å²) in [5.41, 5.74) is 0. The first-order valence-electron chi connectivity index (χ1n) is 6.10.